The standard InChI is InChI=1S/C10H19F2N/c1-4-13-10(9(11)12)5-8(6-10)7(2)3/h7-9,13H,4-6H2,1-3H3. The summed E-state index contributed by atoms with van der Waals surface area (Å²) in [6.07, 6.45) is -0.950. The molecule has 0 amide bonds. The van der Waals surface area contributed by atoms with Gasteiger partial charge in [0.25, 0.3) is 6.43 Å². The molecule has 0 unspecified atom stereocenters. The van der Waals surface area contributed by atoms with E-state index in [1.807, 2.05) is 6.92 Å². The van der Waals surface area contributed by atoms with Crippen LogP contribution in [0.5, 0.6) is 0 Å². The second-order valence-corrected chi connectivity index (χ2v) is 4.40. The van der Waals surface area contributed by atoms with Gasteiger partial charge in [0, 0.05) is 0 Å². The summed E-state index contributed by atoms with van der Waals surface area (Å²) in [5.74, 6) is 1.01. The van der Waals surface area contributed by atoms with E-state index in [1.165, 1.54) is 0 Å². The molecule has 1 fully saturated rings. The lowest BCUT2D eigenvalue weighted by atomic mass is 9.64. The molecule has 0 atom stereocenters. The zero-order valence-corrected chi connectivity index (χ0v) is 8.61. The van der Waals surface area contributed by atoms with E-state index in [0.717, 1.165) is 0 Å². The minimum Gasteiger partial charge on any atom is -0.307 e. The Hall–Kier alpha value is -0.180. The molecule has 78 valence electrons. The maximum atomic E-state index is 12.7. The van der Waals surface area contributed by atoms with Crippen molar-refractivity contribution in [2.45, 2.75) is 45.6 Å². The van der Waals surface area contributed by atoms with Crippen LogP contribution < -0.4 is 5.32 Å². The number of nitrogens with one attached hydrogen (secondary N) is 1. The van der Waals surface area contributed by atoms with Gasteiger partial charge in [-0.05, 0) is 31.2 Å². The fourth-order valence-corrected chi connectivity index (χ4v) is 2.10. The van der Waals surface area contributed by atoms with Gasteiger partial charge in [-0.2, -0.15) is 0 Å². The van der Waals surface area contributed by atoms with Gasteiger partial charge in [0.1, 0.15) is 0 Å². The van der Waals surface area contributed by atoms with E-state index in [2.05, 4.69) is 19.2 Å². The van der Waals surface area contributed by atoms with Crippen molar-refractivity contribution >= 4 is 0 Å². The van der Waals surface area contributed by atoms with Crippen LogP contribution in [0.3, 0.4) is 0 Å². The van der Waals surface area contributed by atoms with E-state index in [0.29, 0.717) is 31.2 Å². The molecule has 0 radical (unpaired) electrons. The van der Waals surface area contributed by atoms with Gasteiger partial charge in [0.05, 0.1) is 5.54 Å². The highest BCUT2D eigenvalue weighted by atomic mass is 19.3. The Balaban J connectivity index is 2.48. The summed E-state index contributed by atoms with van der Waals surface area (Å²) < 4.78 is 25.4. The van der Waals surface area contributed by atoms with Gasteiger partial charge >= 0.3 is 0 Å². The monoisotopic (exact) mass is 191 g/mol. The van der Waals surface area contributed by atoms with Crippen molar-refractivity contribution < 1.29 is 8.78 Å². The predicted molar refractivity (Wildman–Crippen MR) is 50.0 cm³/mol. The quantitative estimate of drug-likeness (QED) is 0.720. The van der Waals surface area contributed by atoms with Crippen molar-refractivity contribution in [1.82, 2.24) is 5.32 Å². The molecule has 3 heteroatoms. The molecule has 0 aromatic carbocycles. The van der Waals surface area contributed by atoms with Crippen molar-refractivity contribution in [2.24, 2.45) is 11.8 Å². The zero-order chi connectivity index (χ0) is 10.1. The number of halogens is 2. The molecule has 0 heterocycles. The SMILES string of the molecule is CCNC1(C(F)F)CC(C(C)C)C1. The van der Waals surface area contributed by atoms with E-state index in [9.17, 15) is 8.78 Å². The average Bonchev–Trinajstić information content (AvgIpc) is 1.94. The van der Waals surface area contributed by atoms with Crippen molar-refractivity contribution in [2.75, 3.05) is 6.54 Å². The molecule has 1 N–H and O–H groups in total. The van der Waals surface area contributed by atoms with Gasteiger partial charge in [-0.3, -0.25) is 0 Å². The Bertz CT molecular complexity index is 162. The molecule has 1 aliphatic carbocycles. The lowest BCUT2D eigenvalue weighted by Gasteiger charge is -2.49. The molecular formula is C10H19F2N. The maximum absolute atomic E-state index is 12.7. The van der Waals surface area contributed by atoms with E-state index in [4.69, 9.17) is 0 Å². The normalized spacial score (nSPS) is 33.9. The van der Waals surface area contributed by atoms with Crippen LogP contribution in [0.15, 0.2) is 0 Å². The average molecular weight is 191 g/mol. The van der Waals surface area contributed by atoms with Gasteiger partial charge in [-0.1, -0.05) is 20.8 Å². The Kier molecular flexibility index (Phi) is 3.28. The first-order valence-corrected chi connectivity index (χ1v) is 5.05. The summed E-state index contributed by atoms with van der Waals surface area (Å²) in [6.45, 7) is 6.72. The molecule has 0 aromatic heterocycles. The van der Waals surface area contributed by atoms with Crippen molar-refractivity contribution in [1.29, 1.82) is 0 Å². The molecule has 1 aliphatic rings. The van der Waals surface area contributed by atoms with Gasteiger partial charge in [-0.25, -0.2) is 8.78 Å². The number of hydrogen-bond donors (Lipinski definition) is 1. The van der Waals surface area contributed by atoms with Crippen LogP contribution in [0.4, 0.5) is 8.78 Å². The molecule has 13 heavy (non-hydrogen) atoms. The van der Waals surface area contributed by atoms with Crippen molar-refractivity contribution in [3.8, 4) is 0 Å². The Morgan fingerprint density at radius 3 is 2.23 bits per heavy atom. The van der Waals surface area contributed by atoms with Crippen LogP contribution >= 0.6 is 0 Å². The maximum Gasteiger partial charge on any atom is 0.256 e. The highest BCUT2D eigenvalue weighted by molar-refractivity contribution is 5.03. The van der Waals surface area contributed by atoms with E-state index in [-0.39, 0.29) is 0 Å². The number of rotatable bonds is 4. The third-order valence-electron chi connectivity index (χ3n) is 3.14. The molecule has 1 rings (SSSR count). The highest BCUT2D eigenvalue weighted by Gasteiger charge is 2.51. The van der Waals surface area contributed by atoms with Gasteiger partial charge in [-0.15, -0.1) is 0 Å². The fourth-order valence-electron chi connectivity index (χ4n) is 2.10. The molecule has 0 aliphatic heterocycles. The van der Waals surface area contributed by atoms with Crippen LogP contribution in [0.25, 0.3) is 0 Å². The second-order valence-electron chi connectivity index (χ2n) is 4.40. The second kappa shape index (κ2) is 3.91. The smallest absolute Gasteiger partial charge is 0.256 e. The van der Waals surface area contributed by atoms with Crippen LogP contribution in [-0.2, 0) is 0 Å². The lowest BCUT2D eigenvalue weighted by molar-refractivity contribution is -0.0597. The van der Waals surface area contributed by atoms with Crippen LogP contribution in [0.1, 0.15) is 33.6 Å². The van der Waals surface area contributed by atoms with Crippen LogP contribution in [0, 0.1) is 11.8 Å². The minimum atomic E-state index is -2.22. The molecule has 0 spiro atoms. The first kappa shape index (κ1) is 10.9. The van der Waals surface area contributed by atoms with Crippen LogP contribution in [-0.4, -0.2) is 18.5 Å². The highest BCUT2D eigenvalue weighted by Crippen LogP contribution is 2.45. The molecular weight excluding hydrogens is 172 g/mol. The van der Waals surface area contributed by atoms with E-state index in [1.54, 1.807) is 0 Å². The molecule has 0 bridgehead atoms. The molecule has 1 nitrogen and oxygen atoms in total. The number of hydrogen-bond acceptors (Lipinski definition) is 1. The molecule has 0 aromatic rings. The predicted octanol–water partition coefficient (Wildman–Crippen LogP) is 2.67. The summed E-state index contributed by atoms with van der Waals surface area (Å²) in [4.78, 5) is 0. The van der Waals surface area contributed by atoms with E-state index < -0.39 is 12.0 Å². The third kappa shape index (κ3) is 2.01. The largest absolute Gasteiger partial charge is 0.307 e. The Morgan fingerprint density at radius 1 is 1.38 bits per heavy atom. The van der Waals surface area contributed by atoms with Crippen molar-refractivity contribution in [3.63, 3.8) is 0 Å². The topological polar surface area (TPSA) is 12.0 Å². The van der Waals surface area contributed by atoms with Gasteiger partial charge in [0.15, 0.2) is 0 Å². The summed E-state index contributed by atoms with van der Waals surface area (Å²) in [5.41, 5.74) is -0.857. The number of alkyl halides is 2. The molecule has 0 saturated heterocycles. The van der Waals surface area contributed by atoms with E-state index >= 15 is 0 Å². The Morgan fingerprint density at radius 2 is 1.92 bits per heavy atom. The lowest BCUT2D eigenvalue weighted by Crippen LogP contribution is -2.61. The van der Waals surface area contributed by atoms with Crippen LogP contribution in [0.2, 0.25) is 0 Å². The molecule has 1 saturated carbocycles. The minimum absolute atomic E-state index is 0.480. The Labute approximate surface area is 78.9 Å². The van der Waals surface area contributed by atoms with Crippen molar-refractivity contribution in [3.05, 3.63) is 0 Å². The third-order valence-corrected chi connectivity index (χ3v) is 3.14. The summed E-state index contributed by atoms with van der Waals surface area (Å²) in [7, 11) is 0. The summed E-state index contributed by atoms with van der Waals surface area (Å²) in [5, 5.41) is 2.93. The fraction of sp³-hybridized carbons (Fsp3) is 1.00. The first-order chi connectivity index (χ1) is 6.02. The van der Waals surface area contributed by atoms with Gasteiger partial charge < -0.3 is 5.32 Å². The summed E-state index contributed by atoms with van der Waals surface area (Å²) in [6, 6.07) is 0. The van der Waals surface area contributed by atoms with Gasteiger partial charge in [0.2, 0.25) is 0 Å². The zero-order valence-electron chi connectivity index (χ0n) is 8.61. The summed E-state index contributed by atoms with van der Waals surface area (Å²) >= 11 is 0. The first-order valence-electron chi connectivity index (χ1n) is 5.05.